The molecular weight excluding hydrogens is 287 g/mol. The summed E-state index contributed by atoms with van der Waals surface area (Å²) in [6, 6.07) is 2.18. The predicted octanol–water partition coefficient (Wildman–Crippen LogP) is 0.181. The number of hydrogen-bond donors (Lipinski definition) is 2. The van der Waals surface area contributed by atoms with Crippen molar-refractivity contribution in [3.05, 3.63) is 29.6 Å². The molecule has 8 heteroatoms. The molecule has 0 amide bonds. The molecule has 0 spiro atoms. The van der Waals surface area contributed by atoms with Crippen LogP contribution in [0.5, 0.6) is 0 Å². The molecular formula is C12H15FN2O4S. The maximum absolute atomic E-state index is 13.1. The van der Waals surface area contributed by atoms with E-state index in [9.17, 15) is 17.6 Å². The number of carboxylic acid groups (broad SMARTS) is 1. The normalized spacial score (nSPS) is 20.8. The van der Waals surface area contributed by atoms with Gasteiger partial charge in [0.25, 0.3) is 0 Å². The Morgan fingerprint density at radius 2 is 2.20 bits per heavy atom. The third-order valence-electron chi connectivity index (χ3n) is 3.20. The molecule has 1 heterocycles. The van der Waals surface area contributed by atoms with Crippen LogP contribution >= 0.6 is 0 Å². The van der Waals surface area contributed by atoms with Crippen LogP contribution in [0.15, 0.2) is 23.1 Å². The molecule has 1 aromatic rings. The van der Waals surface area contributed by atoms with Gasteiger partial charge >= 0.3 is 5.97 Å². The molecule has 2 N–H and O–H groups in total. The fraction of sp³-hybridized carbons (Fsp3) is 0.417. The Balaban J connectivity index is 2.45. The Hall–Kier alpha value is -1.51. The Bertz CT molecular complexity index is 632. The van der Waals surface area contributed by atoms with Gasteiger partial charge in [0.15, 0.2) is 0 Å². The van der Waals surface area contributed by atoms with Crippen LogP contribution in [0.2, 0.25) is 0 Å². The van der Waals surface area contributed by atoms with E-state index >= 15 is 0 Å². The van der Waals surface area contributed by atoms with Gasteiger partial charge in [0.2, 0.25) is 10.0 Å². The van der Waals surface area contributed by atoms with Crippen LogP contribution < -0.4 is 5.32 Å². The highest BCUT2D eigenvalue weighted by atomic mass is 32.2. The van der Waals surface area contributed by atoms with Gasteiger partial charge in [-0.15, -0.1) is 0 Å². The minimum atomic E-state index is -3.96. The van der Waals surface area contributed by atoms with Gasteiger partial charge in [-0.25, -0.2) is 12.8 Å². The second kappa shape index (κ2) is 5.47. The maximum Gasteiger partial charge on any atom is 0.323 e. The van der Waals surface area contributed by atoms with Crippen molar-refractivity contribution in [2.75, 3.05) is 19.6 Å². The molecule has 6 nitrogen and oxygen atoms in total. The number of carboxylic acids is 1. The van der Waals surface area contributed by atoms with Crippen LogP contribution in [0.1, 0.15) is 5.56 Å². The molecule has 0 bridgehead atoms. The zero-order valence-corrected chi connectivity index (χ0v) is 11.7. The van der Waals surface area contributed by atoms with Crippen molar-refractivity contribution in [2.45, 2.75) is 17.9 Å². The smallest absolute Gasteiger partial charge is 0.323 e. The SMILES string of the molecule is Cc1cc(F)ccc1S(=O)(=O)N1CCNCC1C(=O)O. The van der Waals surface area contributed by atoms with Gasteiger partial charge in [-0.05, 0) is 30.7 Å². The van der Waals surface area contributed by atoms with Crippen molar-refractivity contribution in [3.63, 3.8) is 0 Å². The Morgan fingerprint density at radius 3 is 2.80 bits per heavy atom. The molecule has 1 fully saturated rings. The average molecular weight is 302 g/mol. The van der Waals surface area contributed by atoms with Gasteiger partial charge in [0, 0.05) is 19.6 Å². The third-order valence-corrected chi connectivity index (χ3v) is 5.27. The van der Waals surface area contributed by atoms with E-state index in [1.165, 1.54) is 13.0 Å². The second-order valence-electron chi connectivity index (χ2n) is 4.58. The number of sulfonamides is 1. The van der Waals surface area contributed by atoms with Gasteiger partial charge in [-0.2, -0.15) is 4.31 Å². The summed E-state index contributed by atoms with van der Waals surface area (Å²) in [5.41, 5.74) is 0.257. The monoisotopic (exact) mass is 302 g/mol. The Kier molecular flexibility index (Phi) is 4.07. The number of carbonyl (C=O) groups is 1. The highest BCUT2D eigenvalue weighted by molar-refractivity contribution is 7.89. The first kappa shape index (κ1) is 14.9. The van der Waals surface area contributed by atoms with Crippen LogP contribution in [0.25, 0.3) is 0 Å². The van der Waals surface area contributed by atoms with Gasteiger partial charge in [-0.3, -0.25) is 4.79 Å². The molecule has 110 valence electrons. The van der Waals surface area contributed by atoms with Crippen molar-refractivity contribution in [2.24, 2.45) is 0 Å². The molecule has 1 atom stereocenters. The Morgan fingerprint density at radius 1 is 1.50 bits per heavy atom. The summed E-state index contributed by atoms with van der Waals surface area (Å²) in [7, 11) is -3.96. The average Bonchev–Trinajstić information content (AvgIpc) is 2.38. The number of halogens is 1. The first-order valence-electron chi connectivity index (χ1n) is 6.05. The van der Waals surface area contributed by atoms with E-state index in [2.05, 4.69) is 5.32 Å². The van der Waals surface area contributed by atoms with Crippen molar-refractivity contribution in [3.8, 4) is 0 Å². The number of benzene rings is 1. The summed E-state index contributed by atoms with van der Waals surface area (Å²) in [5, 5.41) is 12.0. The minimum absolute atomic E-state index is 0.0504. The van der Waals surface area contributed by atoms with E-state index in [4.69, 9.17) is 5.11 Å². The standard InChI is InChI=1S/C12H15FN2O4S/c1-8-6-9(13)2-3-11(8)20(18,19)15-5-4-14-7-10(15)12(16)17/h2-3,6,10,14H,4-5,7H2,1H3,(H,16,17). The van der Waals surface area contributed by atoms with Crippen molar-refractivity contribution >= 4 is 16.0 Å². The minimum Gasteiger partial charge on any atom is -0.480 e. The fourth-order valence-electron chi connectivity index (χ4n) is 2.21. The van der Waals surface area contributed by atoms with E-state index in [0.29, 0.717) is 6.54 Å². The maximum atomic E-state index is 13.1. The molecule has 1 aromatic carbocycles. The van der Waals surface area contributed by atoms with E-state index in [0.717, 1.165) is 16.4 Å². The van der Waals surface area contributed by atoms with Crippen molar-refractivity contribution in [1.29, 1.82) is 0 Å². The van der Waals surface area contributed by atoms with Gasteiger partial charge in [-0.1, -0.05) is 0 Å². The zero-order valence-electron chi connectivity index (χ0n) is 10.8. The van der Waals surface area contributed by atoms with Crippen LogP contribution in [0, 0.1) is 12.7 Å². The fourth-order valence-corrected chi connectivity index (χ4v) is 4.00. The van der Waals surface area contributed by atoms with Crippen molar-refractivity contribution < 1.29 is 22.7 Å². The lowest BCUT2D eigenvalue weighted by atomic mass is 10.2. The van der Waals surface area contributed by atoms with Crippen LogP contribution in [0.4, 0.5) is 4.39 Å². The second-order valence-corrected chi connectivity index (χ2v) is 6.44. The van der Waals surface area contributed by atoms with Gasteiger partial charge in [0.05, 0.1) is 4.90 Å². The lowest BCUT2D eigenvalue weighted by molar-refractivity contribution is -0.141. The summed E-state index contributed by atoms with van der Waals surface area (Å²) >= 11 is 0. The molecule has 1 aliphatic rings. The molecule has 0 aliphatic carbocycles. The highest BCUT2D eigenvalue weighted by Gasteiger charge is 2.38. The number of piperazine rings is 1. The van der Waals surface area contributed by atoms with Gasteiger partial charge in [0.1, 0.15) is 11.9 Å². The molecule has 20 heavy (non-hydrogen) atoms. The first-order valence-corrected chi connectivity index (χ1v) is 7.49. The summed E-state index contributed by atoms with van der Waals surface area (Å²) in [5.74, 6) is -1.74. The quantitative estimate of drug-likeness (QED) is 0.832. The summed E-state index contributed by atoms with van der Waals surface area (Å²) in [4.78, 5) is 11.1. The summed E-state index contributed by atoms with van der Waals surface area (Å²) in [6.07, 6.45) is 0. The highest BCUT2D eigenvalue weighted by Crippen LogP contribution is 2.23. The van der Waals surface area contributed by atoms with E-state index in [-0.39, 0.29) is 23.5 Å². The topological polar surface area (TPSA) is 86.7 Å². The molecule has 1 unspecified atom stereocenters. The lowest BCUT2D eigenvalue weighted by Crippen LogP contribution is -2.56. The number of aryl methyl sites for hydroxylation is 1. The molecule has 1 saturated heterocycles. The van der Waals surface area contributed by atoms with E-state index in [1.807, 2.05) is 0 Å². The summed E-state index contributed by atoms with van der Waals surface area (Å²) < 4.78 is 39.1. The number of aliphatic carboxylic acids is 1. The molecule has 1 aliphatic heterocycles. The number of nitrogens with one attached hydrogen (secondary N) is 1. The molecule has 0 saturated carbocycles. The molecule has 0 radical (unpaired) electrons. The van der Waals surface area contributed by atoms with Crippen molar-refractivity contribution in [1.82, 2.24) is 9.62 Å². The molecule has 2 rings (SSSR count). The Labute approximate surface area is 116 Å². The largest absolute Gasteiger partial charge is 0.480 e. The lowest BCUT2D eigenvalue weighted by Gasteiger charge is -2.32. The molecule has 0 aromatic heterocycles. The zero-order chi connectivity index (χ0) is 14.9. The van der Waals surface area contributed by atoms with Gasteiger partial charge < -0.3 is 10.4 Å². The van der Waals surface area contributed by atoms with Crippen LogP contribution in [-0.2, 0) is 14.8 Å². The summed E-state index contributed by atoms with van der Waals surface area (Å²) in [6.45, 7) is 1.97. The number of hydrogen-bond acceptors (Lipinski definition) is 4. The van der Waals surface area contributed by atoms with Crippen LogP contribution in [0.3, 0.4) is 0 Å². The first-order chi connectivity index (χ1) is 9.34. The van der Waals surface area contributed by atoms with E-state index < -0.39 is 27.9 Å². The third kappa shape index (κ3) is 2.67. The predicted molar refractivity (Wildman–Crippen MR) is 69.3 cm³/mol. The van der Waals surface area contributed by atoms with E-state index in [1.54, 1.807) is 0 Å². The number of nitrogens with zero attached hydrogens (tertiary/aromatic N) is 1. The van der Waals surface area contributed by atoms with Crippen LogP contribution in [-0.4, -0.2) is 49.5 Å². The number of rotatable bonds is 3.